The molecule has 0 saturated heterocycles. The van der Waals surface area contributed by atoms with E-state index in [4.69, 9.17) is 18.7 Å². The summed E-state index contributed by atoms with van der Waals surface area (Å²) in [4.78, 5) is 15.7. The van der Waals surface area contributed by atoms with Gasteiger partial charge in [-0.05, 0) is 89.6 Å². The largest absolute Gasteiger partial charge is 0 e. The van der Waals surface area contributed by atoms with E-state index in [1.54, 1.807) is 0 Å². The molecule has 5 atom stereocenters. The van der Waals surface area contributed by atoms with Gasteiger partial charge in [-0.2, -0.15) is 0 Å². The van der Waals surface area contributed by atoms with Crippen LogP contribution in [0.1, 0.15) is 78.1 Å². The van der Waals surface area contributed by atoms with Crippen molar-refractivity contribution in [1.29, 1.82) is 0 Å². The molecule has 0 N–H and O–H groups in total. The molecule has 38 heavy (non-hydrogen) atoms. The van der Waals surface area contributed by atoms with Gasteiger partial charge in [0.05, 0.1) is 5.92 Å². The summed E-state index contributed by atoms with van der Waals surface area (Å²) in [6.07, 6.45) is 4.33. The summed E-state index contributed by atoms with van der Waals surface area (Å²) < 4.78 is 29.0. The summed E-state index contributed by atoms with van der Waals surface area (Å²) >= 11 is 0. The van der Waals surface area contributed by atoms with Crippen molar-refractivity contribution in [2.24, 2.45) is 17.8 Å². The van der Waals surface area contributed by atoms with Crippen LogP contribution in [0.3, 0.4) is 0 Å². The van der Waals surface area contributed by atoms with Crippen molar-refractivity contribution in [3.05, 3.63) is 89.7 Å². The first-order chi connectivity index (χ1) is 17.8. The minimum absolute atomic E-state index is 0. The number of rotatable bonds is 6. The molecule has 0 heterocycles. The Morgan fingerprint density at radius 3 is 1.89 bits per heavy atom. The molecule has 2 aliphatic rings. The van der Waals surface area contributed by atoms with Gasteiger partial charge in [0.25, 0.3) is 0 Å². The molecule has 0 radical (unpaired) electrons. The van der Waals surface area contributed by atoms with Crippen molar-refractivity contribution in [2.75, 3.05) is 14.1 Å². The minimum Gasteiger partial charge on any atom is 0 e. The van der Waals surface area contributed by atoms with Crippen molar-refractivity contribution in [1.82, 2.24) is 4.90 Å². The summed E-state index contributed by atoms with van der Waals surface area (Å²) in [6, 6.07) is 13.1. The average molecular weight is 556 g/mol. The molecule has 2 saturated carbocycles. The Morgan fingerprint density at radius 1 is 0.921 bits per heavy atom. The number of aryl methyl sites for hydroxylation is 3. The third-order valence-corrected chi connectivity index (χ3v) is 7.78. The van der Waals surface area contributed by atoms with Crippen LogP contribution in [0.4, 0.5) is 0 Å². The Hall–Kier alpha value is -2.38. The number of hydrogen-bond acceptors (Lipinski definition) is 3. The normalized spacial score (nSPS) is 20.1. The molecule has 2 aromatic rings. The molecule has 7 heteroatoms. The number of nitrogens with zero attached hydrogens (tertiary/aromatic N) is 1. The van der Waals surface area contributed by atoms with Crippen LogP contribution in [0.15, 0.2) is 36.4 Å². The van der Waals surface area contributed by atoms with Gasteiger partial charge in [0.15, 0.2) is 6.10 Å². The van der Waals surface area contributed by atoms with Crippen LogP contribution in [-0.2, 0) is 40.8 Å². The van der Waals surface area contributed by atoms with E-state index in [0.717, 1.165) is 23.5 Å². The van der Waals surface area contributed by atoms with E-state index in [2.05, 4.69) is 103 Å². The molecule has 0 aromatic heterocycles. The second kappa shape index (κ2) is 17.3. The van der Waals surface area contributed by atoms with Gasteiger partial charge in [-0.1, -0.05) is 48.4 Å². The number of fused-ring (bicyclic) bond motifs is 2. The van der Waals surface area contributed by atoms with E-state index in [1.807, 2.05) is 0 Å². The average Bonchev–Trinajstić information content (AvgIpc) is 3.55. The van der Waals surface area contributed by atoms with Gasteiger partial charge in [0.1, 0.15) is 0 Å². The molecule has 2 aromatic carbocycles. The number of benzene rings is 2. The Kier molecular flexibility index (Phi) is 16.2. The monoisotopic (exact) mass is 555 g/mol. The number of esters is 1. The summed E-state index contributed by atoms with van der Waals surface area (Å²) in [6.45, 7) is 22.1. The summed E-state index contributed by atoms with van der Waals surface area (Å²) in [5, 5.41) is 0. The number of carbonyl (C=O) groups excluding carboxylic acids is 1. The second-order valence-electron chi connectivity index (χ2n) is 10.2. The maximum Gasteiger partial charge on any atom is 0 e. The molecule has 0 unspecified atom stereocenters. The summed E-state index contributed by atoms with van der Waals surface area (Å²) in [5.41, 5.74) is 7.09. The van der Waals surface area contributed by atoms with Gasteiger partial charge < -0.3 is 9.64 Å². The first-order valence-electron chi connectivity index (χ1n) is 12.4. The zero-order valence-corrected chi connectivity index (χ0v) is 24.4. The standard InChI is InChI=1S/C28H37NO2.3CO.Cr/c1-17-13-18(2)26(19(3)14-17)27(24-10-8-7-9-23(24)20(4)29(5)6)31-28(30)25-16-21-11-12-22(25)15-21;3*1-2;/h7-10,13-14,20-22,25,27H,11-12,15-16H2,1-6H3;;;;/t20-,21-,22+,25+,27-;;;;/m1..../s1. The third-order valence-electron chi connectivity index (χ3n) is 7.78. The number of carbonyl (C=O) groups is 1. The molecule has 202 valence electrons. The van der Waals surface area contributed by atoms with Crippen LogP contribution < -0.4 is 0 Å². The molecular formula is C31H37CrNO5. The number of hydrogen-bond donors (Lipinski definition) is 0. The third kappa shape index (κ3) is 8.31. The van der Waals surface area contributed by atoms with Crippen LogP contribution in [0.25, 0.3) is 0 Å². The van der Waals surface area contributed by atoms with E-state index in [9.17, 15) is 4.79 Å². The first kappa shape index (κ1) is 35.6. The molecule has 4 rings (SSSR count). The van der Waals surface area contributed by atoms with Gasteiger partial charge in [0, 0.05) is 34.5 Å². The summed E-state index contributed by atoms with van der Waals surface area (Å²) in [7, 11) is 4.19. The molecule has 2 aliphatic carbocycles. The van der Waals surface area contributed by atoms with Gasteiger partial charge in [-0.25, -0.2) is 0 Å². The topological polar surface area (TPSA) is 89.2 Å². The fourth-order valence-corrected chi connectivity index (χ4v) is 6.03. The van der Waals surface area contributed by atoms with Crippen molar-refractivity contribution in [2.45, 2.75) is 65.5 Å². The zero-order chi connectivity index (χ0) is 28.3. The summed E-state index contributed by atoms with van der Waals surface area (Å²) in [5.74, 6) is 1.33. The molecule has 6 nitrogen and oxygen atoms in total. The number of ether oxygens (including phenoxy) is 1. The predicted octanol–water partition coefficient (Wildman–Crippen LogP) is 6.19. The van der Waals surface area contributed by atoms with Crippen LogP contribution in [-0.4, -0.2) is 25.0 Å². The fourth-order valence-electron chi connectivity index (χ4n) is 6.03. The van der Waals surface area contributed by atoms with Crippen molar-refractivity contribution >= 4 is 5.97 Å². The van der Waals surface area contributed by atoms with Crippen LogP contribution in [0.2, 0.25) is 0 Å². The Balaban J connectivity index is 0.00000183. The Morgan fingerprint density at radius 2 is 1.45 bits per heavy atom. The SMILES string of the molecule is Cc1cc(C)c([C@H](OC(=O)[C@H]2C[C@@H]3CC[C@H]2C3)c2ccccc2[C@@H](C)N(C)C)c(C)c1.[C-]#[O+].[C-]#[O+].[C-]#[O+].[Cr]. The predicted molar refractivity (Wildman–Crippen MR) is 138 cm³/mol. The van der Waals surface area contributed by atoms with E-state index in [0.29, 0.717) is 5.92 Å². The maximum absolute atomic E-state index is 13.5. The van der Waals surface area contributed by atoms with Crippen molar-refractivity contribution in [3.8, 4) is 0 Å². The van der Waals surface area contributed by atoms with Crippen LogP contribution >= 0.6 is 0 Å². The minimum atomic E-state index is -0.370. The van der Waals surface area contributed by atoms with Crippen molar-refractivity contribution in [3.63, 3.8) is 0 Å². The smallest absolute Gasteiger partial charge is 0 e. The van der Waals surface area contributed by atoms with E-state index in [1.165, 1.54) is 41.5 Å². The van der Waals surface area contributed by atoms with E-state index >= 15 is 0 Å². The zero-order valence-electron chi connectivity index (χ0n) is 23.1. The van der Waals surface area contributed by atoms with Crippen LogP contribution in [0.5, 0.6) is 0 Å². The molecule has 0 spiro atoms. The maximum atomic E-state index is 13.5. The molecule has 0 aliphatic heterocycles. The molecular weight excluding hydrogens is 518 g/mol. The molecule has 2 bridgehead atoms. The van der Waals surface area contributed by atoms with Gasteiger partial charge in [0.2, 0.25) is 0 Å². The second-order valence-corrected chi connectivity index (χ2v) is 10.2. The first-order valence-corrected chi connectivity index (χ1v) is 12.4. The fraction of sp³-hybridized carbons (Fsp3) is 0.484. The van der Waals surface area contributed by atoms with E-state index < -0.39 is 0 Å². The van der Waals surface area contributed by atoms with Crippen LogP contribution in [0, 0.1) is 58.5 Å². The van der Waals surface area contributed by atoms with Crippen molar-refractivity contribution < 1.29 is 40.8 Å². The Labute approximate surface area is 238 Å². The van der Waals surface area contributed by atoms with Gasteiger partial charge >= 0.3 is 39.9 Å². The quantitative estimate of drug-likeness (QED) is 0.242. The Bertz CT molecular complexity index is 1070. The van der Waals surface area contributed by atoms with Gasteiger partial charge in [-0.3, -0.25) is 4.79 Å². The van der Waals surface area contributed by atoms with Gasteiger partial charge in [-0.15, -0.1) is 0 Å². The van der Waals surface area contributed by atoms with E-state index in [-0.39, 0.29) is 41.4 Å². The molecule has 2 fully saturated rings. The molecule has 0 amide bonds.